The molecule has 0 fully saturated rings. The molecule has 0 aromatic heterocycles. The summed E-state index contributed by atoms with van der Waals surface area (Å²) in [5, 5.41) is 0. The maximum Gasteiger partial charge on any atom is 0.317 e. The summed E-state index contributed by atoms with van der Waals surface area (Å²) >= 11 is 0. The maximum absolute atomic E-state index is 12.6. The number of ether oxygens (including phenoxy) is 5. The Morgan fingerprint density at radius 1 is 0.939 bits per heavy atom. The molecule has 194 valence electrons. The van der Waals surface area contributed by atoms with Crippen LogP contribution in [0.1, 0.15) is 88.5 Å². The van der Waals surface area contributed by atoms with E-state index in [1.165, 1.54) is 0 Å². The molecule has 0 rings (SSSR count). The van der Waals surface area contributed by atoms with E-state index in [4.69, 9.17) is 23.7 Å². The highest BCUT2D eigenvalue weighted by Gasteiger charge is 2.39. The summed E-state index contributed by atoms with van der Waals surface area (Å²) in [6.45, 7) is 24.2. The van der Waals surface area contributed by atoms with Crippen LogP contribution in [0.4, 0.5) is 0 Å². The van der Waals surface area contributed by atoms with Gasteiger partial charge in [0.15, 0.2) is 0 Å². The molecule has 0 heterocycles. The molecule has 0 aromatic rings. The molecule has 1 unspecified atom stereocenters. The predicted octanol–water partition coefficient (Wildman–Crippen LogP) is 5.25. The van der Waals surface area contributed by atoms with Gasteiger partial charge >= 0.3 is 5.97 Å². The Kier molecular flexibility index (Phi) is 12.9. The van der Waals surface area contributed by atoms with Crippen molar-refractivity contribution >= 4 is 12.3 Å². The topological polar surface area (TPSA) is 80.3 Å². The average molecular weight is 473 g/mol. The molecule has 33 heavy (non-hydrogen) atoms. The van der Waals surface area contributed by atoms with Crippen LogP contribution in [0.2, 0.25) is 0 Å². The van der Waals surface area contributed by atoms with Gasteiger partial charge in [-0.05, 0) is 82.1 Å². The van der Waals surface area contributed by atoms with Gasteiger partial charge in [0.2, 0.25) is 0 Å². The van der Waals surface area contributed by atoms with E-state index < -0.39 is 16.6 Å². The van der Waals surface area contributed by atoms with Crippen LogP contribution in [0.3, 0.4) is 0 Å². The van der Waals surface area contributed by atoms with E-state index in [0.717, 1.165) is 6.29 Å². The van der Waals surface area contributed by atoms with E-state index in [1.807, 2.05) is 55.4 Å². The first-order chi connectivity index (χ1) is 15.0. The van der Waals surface area contributed by atoms with Crippen molar-refractivity contribution in [3.05, 3.63) is 12.3 Å². The second kappa shape index (κ2) is 13.4. The van der Waals surface area contributed by atoms with Crippen LogP contribution in [-0.4, -0.2) is 61.6 Å². The van der Waals surface area contributed by atoms with Crippen LogP contribution in [-0.2, 0) is 33.3 Å². The number of hydrogen-bond donors (Lipinski definition) is 0. The average Bonchev–Trinajstić information content (AvgIpc) is 2.67. The van der Waals surface area contributed by atoms with E-state index >= 15 is 0 Å². The Balaban J connectivity index is 4.98. The van der Waals surface area contributed by atoms with Gasteiger partial charge < -0.3 is 28.5 Å². The molecule has 0 radical (unpaired) electrons. The van der Waals surface area contributed by atoms with Crippen molar-refractivity contribution in [3.63, 3.8) is 0 Å². The van der Waals surface area contributed by atoms with Gasteiger partial charge in [-0.25, -0.2) is 0 Å². The molecule has 0 aliphatic carbocycles. The maximum atomic E-state index is 12.6. The van der Waals surface area contributed by atoms with Gasteiger partial charge in [-0.15, -0.1) is 0 Å². The summed E-state index contributed by atoms with van der Waals surface area (Å²) in [7, 11) is 0. The minimum absolute atomic E-state index is 0.0202. The highest BCUT2D eigenvalue weighted by Crippen LogP contribution is 2.31. The van der Waals surface area contributed by atoms with Crippen molar-refractivity contribution in [2.75, 3.05) is 26.4 Å². The third-order valence-corrected chi connectivity index (χ3v) is 5.33. The van der Waals surface area contributed by atoms with Gasteiger partial charge in [0.1, 0.15) is 29.7 Å². The predicted molar refractivity (Wildman–Crippen MR) is 130 cm³/mol. The van der Waals surface area contributed by atoms with Crippen molar-refractivity contribution in [1.29, 1.82) is 0 Å². The number of rotatable bonds is 18. The first-order valence-corrected chi connectivity index (χ1v) is 11.9. The molecule has 0 aliphatic rings. The summed E-state index contributed by atoms with van der Waals surface area (Å²) in [5.41, 5.74) is -2.64. The fraction of sp³-hybridized carbons (Fsp3) is 0.846. The number of aldehydes is 1. The van der Waals surface area contributed by atoms with Crippen LogP contribution in [0.25, 0.3) is 0 Å². The fourth-order valence-electron chi connectivity index (χ4n) is 3.09. The molecule has 0 aliphatic heterocycles. The van der Waals surface area contributed by atoms with Crippen LogP contribution >= 0.6 is 0 Å². The van der Waals surface area contributed by atoms with Gasteiger partial charge in [-0.2, -0.15) is 0 Å². The fourth-order valence-corrected chi connectivity index (χ4v) is 3.09. The van der Waals surface area contributed by atoms with E-state index in [0.29, 0.717) is 31.6 Å². The van der Waals surface area contributed by atoms with E-state index in [1.54, 1.807) is 13.8 Å². The second-order valence-corrected chi connectivity index (χ2v) is 10.8. The second-order valence-electron chi connectivity index (χ2n) is 10.8. The molecule has 0 amide bonds. The molecule has 0 bridgehead atoms. The lowest BCUT2D eigenvalue weighted by atomic mass is 9.92. The van der Waals surface area contributed by atoms with Crippen LogP contribution in [0.5, 0.6) is 0 Å². The van der Waals surface area contributed by atoms with Gasteiger partial charge in [0.05, 0.1) is 37.1 Å². The lowest BCUT2D eigenvalue weighted by Crippen LogP contribution is -2.43. The molecular formula is C26H48O7. The minimum Gasteiger partial charge on any atom is -0.494 e. The summed E-state index contributed by atoms with van der Waals surface area (Å²) in [6, 6.07) is 0. The van der Waals surface area contributed by atoms with E-state index in [9.17, 15) is 9.59 Å². The largest absolute Gasteiger partial charge is 0.494 e. The molecule has 7 heteroatoms. The van der Waals surface area contributed by atoms with Crippen molar-refractivity contribution in [2.24, 2.45) is 5.41 Å². The standard InChI is InChI=1S/C26H48O7/c1-12-29-22(28)26(11,18-30-20(2)3)19-31-21(4)25(9,10)33-24(7,8)15-17-32-23(5,6)14-13-16-27/h16,20H,4,12-15,17-19H2,1-3,5-11H3. The van der Waals surface area contributed by atoms with Crippen molar-refractivity contribution in [2.45, 2.75) is 111 Å². The zero-order valence-electron chi connectivity index (χ0n) is 22.7. The zero-order valence-corrected chi connectivity index (χ0v) is 22.7. The minimum atomic E-state index is -0.963. The summed E-state index contributed by atoms with van der Waals surface area (Å²) in [5.74, 6) is 0.0507. The molecule has 0 saturated heterocycles. The highest BCUT2D eigenvalue weighted by molar-refractivity contribution is 5.76. The zero-order chi connectivity index (χ0) is 25.9. The summed E-state index contributed by atoms with van der Waals surface area (Å²) in [4.78, 5) is 23.2. The van der Waals surface area contributed by atoms with Crippen LogP contribution < -0.4 is 0 Å². The van der Waals surface area contributed by atoms with Crippen LogP contribution in [0, 0.1) is 5.41 Å². The first kappa shape index (κ1) is 31.6. The molecule has 0 saturated carbocycles. The van der Waals surface area contributed by atoms with Gasteiger partial charge in [0.25, 0.3) is 0 Å². The molecular weight excluding hydrogens is 424 g/mol. The quantitative estimate of drug-likeness (QED) is 0.153. The van der Waals surface area contributed by atoms with E-state index in [2.05, 4.69) is 6.58 Å². The van der Waals surface area contributed by atoms with Crippen molar-refractivity contribution < 1.29 is 33.3 Å². The van der Waals surface area contributed by atoms with Crippen LogP contribution in [0.15, 0.2) is 12.3 Å². The number of hydrogen-bond acceptors (Lipinski definition) is 7. The Hall–Kier alpha value is -1.44. The Morgan fingerprint density at radius 3 is 2.06 bits per heavy atom. The SMILES string of the molecule is C=C(OCC(C)(COC(C)C)C(=O)OCC)C(C)(C)OC(C)(C)CCOC(C)(C)CCC=O. The molecule has 0 N–H and O–H groups in total. The summed E-state index contributed by atoms with van der Waals surface area (Å²) < 4.78 is 29.2. The van der Waals surface area contributed by atoms with Crippen molar-refractivity contribution in [3.8, 4) is 0 Å². The Labute approximate surface area is 201 Å². The van der Waals surface area contributed by atoms with Crippen molar-refractivity contribution in [1.82, 2.24) is 0 Å². The third-order valence-electron chi connectivity index (χ3n) is 5.33. The normalized spacial score (nSPS) is 14.6. The number of carbonyl (C=O) groups excluding carboxylic acids is 2. The molecule has 0 aromatic carbocycles. The highest BCUT2D eigenvalue weighted by atomic mass is 16.6. The van der Waals surface area contributed by atoms with Gasteiger partial charge in [0, 0.05) is 6.42 Å². The number of esters is 1. The van der Waals surface area contributed by atoms with Gasteiger partial charge in [-0.3, -0.25) is 4.79 Å². The Morgan fingerprint density at radius 2 is 1.55 bits per heavy atom. The lowest BCUT2D eigenvalue weighted by Gasteiger charge is -2.38. The smallest absolute Gasteiger partial charge is 0.317 e. The number of carbonyl (C=O) groups is 2. The summed E-state index contributed by atoms with van der Waals surface area (Å²) in [6.07, 6.45) is 2.69. The molecule has 0 spiro atoms. The monoisotopic (exact) mass is 472 g/mol. The van der Waals surface area contributed by atoms with E-state index in [-0.39, 0.29) is 37.5 Å². The molecule has 7 nitrogen and oxygen atoms in total. The Bertz CT molecular complexity index is 622. The third kappa shape index (κ3) is 12.6. The van der Waals surface area contributed by atoms with Gasteiger partial charge in [-0.1, -0.05) is 6.58 Å². The lowest BCUT2D eigenvalue weighted by molar-refractivity contribution is -0.167. The first-order valence-electron chi connectivity index (χ1n) is 11.9. The molecule has 1 atom stereocenters.